The summed E-state index contributed by atoms with van der Waals surface area (Å²) in [6.45, 7) is 5.97. The lowest BCUT2D eigenvalue weighted by molar-refractivity contribution is 0.0701. The Balaban J connectivity index is 2.71. The molecule has 1 N–H and O–H groups in total. The van der Waals surface area contributed by atoms with Crippen LogP contribution in [0.3, 0.4) is 0 Å². The van der Waals surface area contributed by atoms with E-state index in [0.717, 1.165) is 10.8 Å². The average molecular weight is 231 g/mol. The van der Waals surface area contributed by atoms with Gasteiger partial charge < -0.3 is 5.11 Å². The highest BCUT2D eigenvalue weighted by atomic mass is 32.2. The van der Waals surface area contributed by atoms with E-state index in [9.17, 15) is 4.79 Å². The quantitative estimate of drug-likeness (QED) is 0.865. The van der Waals surface area contributed by atoms with E-state index in [1.807, 2.05) is 0 Å². The van der Waals surface area contributed by atoms with Crippen LogP contribution >= 0.6 is 23.1 Å². The van der Waals surface area contributed by atoms with Crippen LogP contribution in [0.2, 0.25) is 0 Å². The molecule has 0 aliphatic heterocycles. The van der Waals surface area contributed by atoms with Crippen LogP contribution in [0.4, 0.5) is 0 Å². The fraction of sp³-hybridized carbons (Fsp3) is 0.556. The second kappa shape index (κ2) is 4.79. The van der Waals surface area contributed by atoms with E-state index in [2.05, 4.69) is 18.8 Å². The zero-order valence-corrected chi connectivity index (χ0v) is 10.0. The minimum atomic E-state index is -0.874. The molecule has 0 spiro atoms. The first-order valence-corrected chi connectivity index (χ1v) is 6.18. The third-order valence-electron chi connectivity index (χ3n) is 1.58. The van der Waals surface area contributed by atoms with Crippen molar-refractivity contribution in [1.29, 1.82) is 0 Å². The highest BCUT2D eigenvalue weighted by Crippen LogP contribution is 2.23. The van der Waals surface area contributed by atoms with Crippen molar-refractivity contribution in [2.45, 2.75) is 31.8 Å². The lowest BCUT2D eigenvalue weighted by atomic mass is 10.4. The number of hydrogen-bond donors (Lipinski definition) is 1. The molecule has 0 amide bonds. The number of aromatic carboxylic acids is 1. The molecule has 0 radical (unpaired) electrons. The molecule has 1 rings (SSSR count). The van der Waals surface area contributed by atoms with E-state index in [0.29, 0.717) is 15.8 Å². The van der Waals surface area contributed by atoms with Gasteiger partial charge in [-0.3, -0.25) is 0 Å². The summed E-state index contributed by atoms with van der Waals surface area (Å²) < 4.78 is 0. The number of aromatic nitrogens is 1. The van der Waals surface area contributed by atoms with Crippen molar-refractivity contribution in [2.75, 3.05) is 0 Å². The molecule has 0 aliphatic rings. The van der Waals surface area contributed by atoms with Gasteiger partial charge in [-0.25, -0.2) is 9.78 Å². The Morgan fingerprint density at radius 3 is 2.71 bits per heavy atom. The van der Waals surface area contributed by atoms with Crippen LogP contribution in [-0.4, -0.2) is 21.3 Å². The molecule has 14 heavy (non-hydrogen) atoms. The Morgan fingerprint density at radius 2 is 2.29 bits per heavy atom. The van der Waals surface area contributed by atoms with Gasteiger partial charge in [-0.05, 0) is 12.2 Å². The molecule has 0 fully saturated rings. The molecule has 0 saturated heterocycles. The molecule has 0 unspecified atom stereocenters. The van der Waals surface area contributed by atoms with E-state index in [1.165, 1.54) is 11.3 Å². The van der Waals surface area contributed by atoms with E-state index >= 15 is 0 Å². The molecule has 0 saturated carbocycles. The normalized spacial score (nSPS) is 10.9. The van der Waals surface area contributed by atoms with Gasteiger partial charge in [-0.1, -0.05) is 13.8 Å². The number of nitrogens with zero attached hydrogens (tertiary/aromatic N) is 1. The highest BCUT2D eigenvalue weighted by Gasteiger charge is 2.13. The minimum absolute atomic E-state index is 0.365. The summed E-state index contributed by atoms with van der Waals surface area (Å²) in [5.74, 6) is -0.0722. The Hall–Kier alpha value is -0.550. The average Bonchev–Trinajstić information content (AvgIpc) is 2.43. The van der Waals surface area contributed by atoms with Crippen molar-refractivity contribution in [3.8, 4) is 0 Å². The summed E-state index contributed by atoms with van der Waals surface area (Å²) in [4.78, 5) is 15.3. The number of thioether (sulfide) groups is 1. The smallest absolute Gasteiger partial charge is 0.347 e. The maximum atomic E-state index is 10.7. The van der Waals surface area contributed by atoms with Gasteiger partial charge in [-0.2, -0.15) is 11.8 Å². The Bertz CT molecular complexity index is 334. The number of carbonyl (C=O) groups is 1. The summed E-state index contributed by atoms with van der Waals surface area (Å²) in [5, 5.41) is 10.3. The maximum Gasteiger partial charge on any atom is 0.347 e. The van der Waals surface area contributed by atoms with Crippen LogP contribution in [0, 0.1) is 6.92 Å². The van der Waals surface area contributed by atoms with Crippen LogP contribution < -0.4 is 0 Å². The summed E-state index contributed by atoms with van der Waals surface area (Å²) in [7, 11) is 0. The minimum Gasteiger partial charge on any atom is -0.477 e. The van der Waals surface area contributed by atoms with Gasteiger partial charge >= 0.3 is 5.97 Å². The van der Waals surface area contributed by atoms with Gasteiger partial charge in [-0.15, -0.1) is 11.3 Å². The summed E-state index contributed by atoms with van der Waals surface area (Å²) >= 11 is 3.05. The largest absolute Gasteiger partial charge is 0.477 e. The van der Waals surface area contributed by atoms with Gasteiger partial charge in [0.25, 0.3) is 0 Å². The van der Waals surface area contributed by atoms with Crippen molar-refractivity contribution in [1.82, 2.24) is 4.98 Å². The standard InChI is InChI=1S/C9H13NO2S2/c1-5(2)13-4-7-10-6(3)8(14-7)9(11)12/h5H,4H2,1-3H3,(H,11,12). The Morgan fingerprint density at radius 1 is 1.64 bits per heavy atom. The Labute approximate surface area is 91.6 Å². The van der Waals surface area contributed by atoms with E-state index < -0.39 is 5.97 Å². The molecule has 1 aromatic heterocycles. The first-order chi connectivity index (χ1) is 6.50. The van der Waals surface area contributed by atoms with Crippen LogP contribution in [0.1, 0.15) is 34.2 Å². The Kier molecular flexibility index (Phi) is 3.95. The number of carboxylic acid groups (broad SMARTS) is 1. The van der Waals surface area contributed by atoms with Crippen LogP contribution in [0.25, 0.3) is 0 Å². The third-order valence-corrected chi connectivity index (χ3v) is 4.01. The van der Waals surface area contributed by atoms with Crippen molar-refractivity contribution in [3.05, 3.63) is 15.6 Å². The second-order valence-electron chi connectivity index (χ2n) is 3.19. The molecule has 0 aromatic carbocycles. The lowest BCUT2D eigenvalue weighted by Gasteiger charge is -2.00. The highest BCUT2D eigenvalue weighted by molar-refractivity contribution is 7.99. The number of carboxylic acids is 1. The number of aryl methyl sites for hydroxylation is 1. The number of hydrogen-bond acceptors (Lipinski definition) is 4. The molecule has 3 nitrogen and oxygen atoms in total. The predicted molar refractivity (Wildman–Crippen MR) is 60.2 cm³/mol. The topological polar surface area (TPSA) is 50.2 Å². The van der Waals surface area contributed by atoms with Crippen LogP contribution in [0.15, 0.2) is 0 Å². The van der Waals surface area contributed by atoms with Crippen LogP contribution in [0.5, 0.6) is 0 Å². The number of thiazole rings is 1. The second-order valence-corrected chi connectivity index (χ2v) is 5.84. The third kappa shape index (κ3) is 2.99. The molecule has 0 bridgehead atoms. The van der Waals surface area contributed by atoms with Crippen molar-refractivity contribution in [3.63, 3.8) is 0 Å². The van der Waals surface area contributed by atoms with Crippen LogP contribution in [-0.2, 0) is 5.75 Å². The van der Waals surface area contributed by atoms with E-state index in [1.54, 1.807) is 18.7 Å². The summed E-state index contributed by atoms with van der Waals surface area (Å²) in [6, 6.07) is 0. The monoisotopic (exact) mass is 231 g/mol. The van der Waals surface area contributed by atoms with Gasteiger partial charge in [0, 0.05) is 5.75 Å². The molecule has 0 atom stereocenters. The fourth-order valence-corrected chi connectivity index (χ4v) is 2.63. The van der Waals surface area contributed by atoms with Gasteiger partial charge in [0.2, 0.25) is 0 Å². The van der Waals surface area contributed by atoms with Gasteiger partial charge in [0.05, 0.1) is 5.69 Å². The molecule has 5 heteroatoms. The molecular formula is C9H13NO2S2. The molecule has 78 valence electrons. The lowest BCUT2D eigenvalue weighted by Crippen LogP contribution is -1.94. The summed E-state index contributed by atoms with van der Waals surface area (Å²) in [5.41, 5.74) is 0.627. The SMILES string of the molecule is Cc1nc(CSC(C)C)sc1C(=O)O. The molecular weight excluding hydrogens is 218 g/mol. The first-order valence-electron chi connectivity index (χ1n) is 4.32. The summed E-state index contributed by atoms with van der Waals surface area (Å²) in [6.07, 6.45) is 0. The van der Waals surface area contributed by atoms with Crippen molar-refractivity contribution < 1.29 is 9.90 Å². The van der Waals surface area contributed by atoms with Gasteiger partial charge in [0.1, 0.15) is 9.88 Å². The van der Waals surface area contributed by atoms with Gasteiger partial charge in [0.15, 0.2) is 0 Å². The van der Waals surface area contributed by atoms with Crippen molar-refractivity contribution in [2.24, 2.45) is 0 Å². The molecule has 1 aromatic rings. The number of rotatable bonds is 4. The predicted octanol–water partition coefficient (Wildman–Crippen LogP) is 2.79. The zero-order chi connectivity index (χ0) is 10.7. The molecule has 1 heterocycles. The first kappa shape index (κ1) is 11.5. The zero-order valence-electron chi connectivity index (χ0n) is 8.40. The maximum absolute atomic E-state index is 10.7. The van der Waals surface area contributed by atoms with E-state index in [-0.39, 0.29) is 0 Å². The van der Waals surface area contributed by atoms with Crippen molar-refractivity contribution >= 4 is 29.1 Å². The fourth-order valence-electron chi connectivity index (χ4n) is 0.950. The van der Waals surface area contributed by atoms with E-state index in [4.69, 9.17) is 5.11 Å². The molecule has 0 aliphatic carbocycles.